The van der Waals surface area contributed by atoms with E-state index in [-0.39, 0.29) is 86.3 Å². The van der Waals surface area contributed by atoms with Crippen LogP contribution in [-0.4, -0.2) is 116 Å². The lowest BCUT2D eigenvalue weighted by Crippen LogP contribution is -2.53. The minimum Gasteiger partial charge on any atom is -0.466 e. The zero-order valence-corrected chi connectivity index (χ0v) is 73.7. The largest absolute Gasteiger partial charge is 0.466 e. The highest BCUT2D eigenvalue weighted by Gasteiger charge is 2.62. The number of rotatable bonds is 20. The molecule has 0 saturated heterocycles. The number of sulfonamides is 2. The Morgan fingerprint density at radius 1 is 0.459 bits per heavy atom. The van der Waals surface area contributed by atoms with E-state index in [4.69, 9.17) is 25.5 Å². The number of aliphatic hydroxyl groups excluding tert-OH is 2. The van der Waals surface area contributed by atoms with Crippen molar-refractivity contribution < 1.29 is 55.6 Å². The number of nitrogens with zero attached hydrogens (tertiary/aromatic N) is 3. The Balaban J connectivity index is 0.000000170. The number of nitrogens with two attached hydrogens (primary N) is 1. The summed E-state index contributed by atoms with van der Waals surface area (Å²) in [5.74, 6) is 8.26. The van der Waals surface area contributed by atoms with Crippen molar-refractivity contribution in [2.24, 2.45) is 167 Å². The highest BCUT2D eigenvalue weighted by Crippen LogP contribution is 2.69. The van der Waals surface area contributed by atoms with Crippen molar-refractivity contribution in [1.82, 2.24) is 9.44 Å². The second-order valence-electron chi connectivity index (χ2n) is 41.3. The van der Waals surface area contributed by atoms with Crippen LogP contribution in [0.2, 0.25) is 0 Å². The van der Waals surface area contributed by atoms with E-state index in [1.54, 1.807) is 0 Å². The number of hydrogen-bond acceptors (Lipinski definition) is 14. The fourth-order valence-electron chi connectivity index (χ4n) is 27.8. The molecule has 0 spiro atoms. The molecule has 8 unspecified atom stereocenters. The van der Waals surface area contributed by atoms with Gasteiger partial charge in [0.2, 0.25) is 20.0 Å². The third-order valence-electron chi connectivity index (χ3n) is 35.3. The van der Waals surface area contributed by atoms with E-state index in [0.717, 1.165) is 109 Å². The molecule has 0 aromatic heterocycles. The van der Waals surface area contributed by atoms with E-state index in [0.29, 0.717) is 140 Å². The molecule has 20 heteroatoms. The molecule has 6 N–H and O–H groups in total. The highest BCUT2D eigenvalue weighted by molar-refractivity contribution is 7.89. The van der Waals surface area contributed by atoms with Gasteiger partial charge in [-0.1, -0.05) is 149 Å². The molecule has 111 heavy (non-hydrogen) atoms. The second-order valence-corrected chi connectivity index (χ2v) is 44.9. The number of nitrogens with one attached hydrogen (secondary N) is 2. The van der Waals surface area contributed by atoms with E-state index in [9.17, 15) is 41.4 Å². The summed E-state index contributed by atoms with van der Waals surface area (Å²) in [6.45, 7) is 52.0. The number of ether oxygens (including phenoxy) is 3. The Morgan fingerprint density at radius 3 is 1.05 bits per heavy atom. The first kappa shape index (κ1) is 91.3. The molecule has 12 aliphatic carbocycles. The molecule has 12 saturated carbocycles. The Morgan fingerprint density at radius 2 is 0.748 bits per heavy atom. The standard InChI is InChI=1S/C24H41NO4S.C23H37N3O2.C23H39NO2.C21H37NO4S/c1-16-9-11-24(5,19(13-16)15-29-18(3)26)22-10-12-23(4)17(2)7-8-21(23)20(22)14-25-30(6,27)28;1-15-8-10-23(5,18(12-15)14-28-17(3)27)21-9-11-22(4)16(2)6-7-20(22)19(21)13-25-26-24;1-15-8-10-23(5,18(12-15)14-26-17(3)25)21-9-11-22(4)16(2)6-7-20(22)19(21)13-24;1-14-5-6-18-17(12-22-27(4,25)26)19(8-10-20(14,18)2)21(3)9-7-16(24)11-15(21)13-23/h16,19-22,25H,2,7-15H2,1,3-6H3;15,18-21H,2,6-14H2,1,3-5H3;15,18-21H,2,6-14,24H2,1,3-5H3;15-19,22-24H,1,5-13H2,2-4H3/t16-,19+,20-,21?,22?,23+,24-;2*15-,18+,19-,20?,21?,22+,23-;15-,16+,17+,18?,19?,20-,21+/m0001/s1. The maximum absolute atomic E-state index is 12.0. The van der Waals surface area contributed by atoms with Gasteiger partial charge in [0.05, 0.1) is 38.4 Å². The van der Waals surface area contributed by atoms with Crippen LogP contribution in [0.4, 0.5) is 0 Å². The Labute approximate surface area is 672 Å². The van der Waals surface area contributed by atoms with Gasteiger partial charge >= 0.3 is 17.9 Å². The number of allylic oxidation sites excluding steroid dienone is 4. The van der Waals surface area contributed by atoms with E-state index in [1.165, 1.54) is 133 Å². The highest BCUT2D eigenvalue weighted by atomic mass is 32.2. The third-order valence-corrected chi connectivity index (χ3v) is 36.7. The number of aliphatic hydroxyl groups is 2. The molecule has 632 valence electrons. The van der Waals surface area contributed by atoms with Gasteiger partial charge in [-0.15, -0.1) is 0 Å². The molecule has 12 fully saturated rings. The number of carbonyl (C=O) groups is 3. The van der Waals surface area contributed by atoms with Crippen LogP contribution in [0.25, 0.3) is 10.4 Å². The quantitative estimate of drug-likeness (QED) is 0.0189. The summed E-state index contributed by atoms with van der Waals surface area (Å²) >= 11 is 0. The van der Waals surface area contributed by atoms with Crippen molar-refractivity contribution in [3.63, 3.8) is 0 Å². The topological polar surface area (TPSA) is 286 Å². The Hall–Kier alpha value is -3.62. The summed E-state index contributed by atoms with van der Waals surface area (Å²) in [5, 5.41) is 24.3. The number of hydrogen-bond donors (Lipinski definition) is 5. The third kappa shape index (κ3) is 19.6. The van der Waals surface area contributed by atoms with E-state index in [1.807, 2.05) is 0 Å². The van der Waals surface area contributed by atoms with Crippen LogP contribution < -0.4 is 15.2 Å². The lowest BCUT2D eigenvalue weighted by molar-refractivity contribution is -0.148. The van der Waals surface area contributed by atoms with Crippen LogP contribution in [0.3, 0.4) is 0 Å². The fourth-order valence-corrected chi connectivity index (χ4v) is 28.8. The van der Waals surface area contributed by atoms with Crippen LogP contribution in [0.15, 0.2) is 53.7 Å². The summed E-state index contributed by atoms with van der Waals surface area (Å²) < 4.78 is 69.8. The minimum atomic E-state index is -3.25. The first-order chi connectivity index (χ1) is 51.8. The number of carbonyl (C=O) groups excluding carboxylic acids is 3. The van der Waals surface area contributed by atoms with E-state index >= 15 is 0 Å². The van der Waals surface area contributed by atoms with Crippen LogP contribution in [0, 0.1) is 156 Å². The SMILES string of the molecule is C=C1CCC2[C@H](CN)C([C@@]3(C)CC[C@H](C)C[C@@H]3COC(C)=O)CC[C@]12C.C=C1CCC2[C@H](CN=[N+]=[N-])C([C@@]3(C)CC[C@H](C)C[C@@H]3COC(C)=O)CC[C@]12C.C=C1CCC2[C@H](CNS(C)(=O)=O)C([C@@]3(C)CC[C@H](C)C[C@@H]3COC(C)=O)CC[C@]12C.C=C1CCC2[C@H](CNS(C)(=O)=O)C([C@@]3(C)CC[C@H](O)C[C@@H]3CO)CC[C@]12C. The normalized spacial score (nSPS) is 44.1. The summed E-state index contributed by atoms with van der Waals surface area (Å²) in [5.41, 5.74) is 22.0. The summed E-state index contributed by atoms with van der Waals surface area (Å²) in [6.07, 6.45) is 33.2. The van der Waals surface area contributed by atoms with Crippen LogP contribution in [0.5, 0.6) is 0 Å². The molecule has 0 aromatic rings. The molecule has 0 bridgehead atoms. The zero-order valence-electron chi connectivity index (χ0n) is 72.0. The number of fused-ring (bicyclic) bond motifs is 4. The van der Waals surface area contributed by atoms with Crippen LogP contribution in [0.1, 0.15) is 277 Å². The molecule has 12 aliphatic rings. The Bertz CT molecular complexity index is 3600. The molecule has 0 aliphatic heterocycles. The van der Waals surface area contributed by atoms with Crippen molar-refractivity contribution in [3.8, 4) is 0 Å². The lowest BCUT2D eigenvalue weighted by atomic mass is 9.49. The molecule has 0 heterocycles. The van der Waals surface area contributed by atoms with Gasteiger partial charge in [0, 0.05) is 51.9 Å². The number of azide groups is 1. The molecule has 0 radical (unpaired) electrons. The second kappa shape index (κ2) is 36.3. The summed E-state index contributed by atoms with van der Waals surface area (Å²) in [7, 11) is -6.49. The molecule has 12 rings (SSSR count). The Kier molecular flexibility index (Phi) is 29.9. The molecular formula is C91H154N6O12S2. The molecule has 18 nitrogen and oxygen atoms in total. The minimum absolute atomic E-state index is 0.0526. The molecule has 0 amide bonds. The predicted octanol–water partition coefficient (Wildman–Crippen LogP) is 18.5. The van der Waals surface area contributed by atoms with Gasteiger partial charge in [0.25, 0.3) is 0 Å². The van der Waals surface area contributed by atoms with Crippen LogP contribution in [-0.2, 0) is 48.6 Å². The average Bonchev–Trinajstić information content (AvgIpc) is 1.64. The van der Waals surface area contributed by atoms with Crippen molar-refractivity contribution in [1.29, 1.82) is 0 Å². The van der Waals surface area contributed by atoms with E-state index < -0.39 is 20.0 Å². The smallest absolute Gasteiger partial charge is 0.302 e. The molecule has 0 aromatic carbocycles. The van der Waals surface area contributed by atoms with Gasteiger partial charge in [0.15, 0.2) is 0 Å². The first-order valence-electron chi connectivity index (χ1n) is 43.8. The maximum atomic E-state index is 12.0. The first-order valence-corrected chi connectivity index (χ1v) is 47.6. The van der Waals surface area contributed by atoms with Gasteiger partial charge in [0.1, 0.15) is 0 Å². The van der Waals surface area contributed by atoms with Gasteiger partial charge in [-0.05, 0) is 328 Å². The van der Waals surface area contributed by atoms with Crippen molar-refractivity contribution in [2.45, 2.75) is 283 Å². The average molecular weight is 1590 g/mol. The lowest BCUT2D eigenvalue weighted by Gasteiger charge is -2.57. The van der Waals surface area contributed by atoms with Crippen molar-refractivity contribution in [3.05, 3.63) is 59.1 Å². The molecule has 28 atom stereocenters. The summed E-state index contributed by atoms with van der Waals surface area (Å²) in [6, 6.07) is 0. The zero-order chi connectivity index (χ0) is 82.0. The van der Waals surface area contributed by atoms with Gasteiger partial charge < -0.3 is 30.2 Å². The molecular weight excluding hydrogens is 1430 g/mol. The monoisotopic (exact) mass is 1590 g/mol. The van der Waals surface area contributed by atoms with Gasteiger partial charge in [-0.3, -0.25) is 14.4 Å². The van der Waals surface area contributed by atoms with Crippen molar-refractivity contribution in [2.75, 3.05) is 65.1 Å². The van der Waals surface area contributed by atoms with Gasteiger partial charge in [-0.2, -0.15) is 0 Å². The number of esters is 3. The predicted molar refractivity (Wildman–Crippen MR) is 446 cm³/mol. The fraction of sp³-hybridized carbons (Fsp3) is 0.879. The maximum Gasteiger partial charge on any atom is 0.302 e. The van der Waals surface area contributed by atoms with Gasteiger partial charge in [-0.25, -0.2) is 26.3 Å². The summed E-state index contributed by atoms with van der Waals surface area (Å²) in [4.78, 5) is 37.6. The van der Waals surface area contributed by atoms with Crippen molar-refractivity contribution >= 4 is 38.0 Å². The van der Waals surface area contributed by atoms with E-state index in [2.05, 4.69) is 122 Å². The van der Waals surface area contributed by atoms with Crippen LogP contribution >= 0.6 is 0 Å².